The highest BCUT2D eigenvalue weighted by atomic mass is 35.5. The Morgan fingerprint density at radius 1 is 1.24 bits per heavy atom. The van der Waals surface area contributed by atoms with E-state index in [0.717, 1.165) is 34.3 Å². The van der Waals surface area contributed by atoms with Crippen molar-refractivity contribution < 1.29 is 4.79 Å². The topological polar surface area (TPSA) is 58.1 Å². The Morgan fingerprint density at radius 3 is 2.84 bits per heavy atom. The van der Waals surface area contributed by atoms with Crippen molar-refractivity contribution in [1.29, 1.82) is 0 Å². The molecule has 0 aliphatic carbocycles. The number of H-pyrrole nitrogens is 1. The maximum atomic E-state index is 12.9. The van der Waals surface area contributed by atoms with Gasteiger partial charge in [-0.2, -0.15) is 0 Å². The maximum absolute atomic E-state index is 12.9. The lowest BCUT2D eigenvalue weighted by molar-refractivity contribution is 0.0732. The maximum Gasteiger partial charge on any atom is 0.263 e. The molecule has 1 aliphatic rings. The number of pyridine rings is 1. The number of nitrogens with zero attached hydrogens (tertiary/aromatic N) is 2. The van der Waals surface area contributed by atoms with Gasteiger partial charge < -0.3 is 14.5 Å². The molecule has 0 unspecified atom stereocenters. The van der Waals surface area contributed by atoms with Gasteiger partial charge in [0, 0.05) is 48.9 Å². The SMILES string of the molecule is Cc1ccc(C(=O)N2CCc3[nH]c4c(Cl)cccc4c3C2)c(=O)n1C. The number of amides is 1. The smallest absolute Gasteiger partial charge is 0.263 e. The molecule has 3 heterocycles. The Bertz CT molecular complexity index is 1060. The molecule has 1 aromatic carbocycles. The Morgan fingerprint density at radius 2 is 2.04 bits per heavy atom. The van der Waals surface area contributed by atoms with Gasteiger partial charge in [0.1, 0.15) is 5.56 Å². The first kappa shape index (κ1) is 16.0. The molecule has 5 nitrogen and oxygen atoms in total. The highest BCUT2D eigenvalue weighted by molar-refractivity contribution is 6.35. The Hall–Kier alpha value is -2.53. The molecule has 0 radical (unpaired) electrons. The minimum atomic E-state index is -0.252. The molecule has 1 amide bonds. The molecule has 2 aromatic heterocycles. The van der Waals surface area contributed by atoms with Crippen molar-refractivity contribution in [2.24, 2.45) is 7.05 Å². The van der Waals surface area contributed by atoms with Gasteiger partial charge in [-0.1, -0.05) is 23.7 Å². The van der Waals surface area contributed by atoms with E-state index in [0.29, 0.717) is 18.1 Å². The van der Waals surface area contributed by atoms with Crippen LogP contribution in [0.3, 0.4) is 0 Å². The number of rotatable bonds is 1. The zero-order valence-corrected chi connectivity index (χ0v) is 14.9. The molecule has 0 fully saturated rings. The molecule has 1 aliphatic heterocycles. The number of aromatic amines is 1. The standard InChI is InChI=1S/C19H18ClN3O2/c1-11-6-7-13(18(24)22(11)2)19(25)23-9-8-16-14(10-23)12-4-3-5-15(20)17(12)21-16/h3-7,21H,8-10H2,1-2H3. The van der Waals surface area contributed by atoms with Crippen LogP contribution in [0.4, 0.5) is 0 Å². The molecule has 0 saturated heterocycles. The molecule has 128 valence electrons. The molecule has 1 N–H and O–H groups in total. The summed E-state index contributed by atoms with van der Waals surface area (Å²) in [5.74, 6) is -0.220. The monoisotopic (exact) mass is 355 g/mol. The number of carbonyl (C=O) groups is 1. The lowest BCUT2D eigenvalue weighted by Crippen LogP contribution is -2.39. The van der Waals surface area contributed by atoms with Gasteiger partial charge in [0.2, 0.25) is 0 Å². The highest BCUT2D eigenvalue weighted by Gasteiger charge is 2.26. The summed E-state index contributed by atoms with van der Waals surface area (Å²) in [5, 5.41) is 1.72. The summed E-state index contributed by atoms with van der Waals surface area (Å²) >= 11 is 6.27. The van der Waals surface area contributed by atoms with E-state index in [9.17, 15) is 9.59 Å². The quantitative estimate of drug-likeness (QED) is 0.729. The van der Waals surface area contributed by atoms with Crippen LogP contribution in [0.15, 0.2) is 35.1 Å². The zero-order chi connectivity index (χ0) is 17.7. The number of halogens is 1. The van der Waals surface area contributed by atoms with Gasteiger partial charge in [-0.25, -0.2) is 0 Å². The molecular weight excluding hydrogens is 338 g/mol. The van der Waals surface area contributed by atoms with Crippen LogP contribution >= 0.6 is 11.6 Å². The van der Waals surface area contributed by atoms with Crippen LogP contribution in [0.5, 0.6) is 0 Å². The number of aryl methyl sites for hydroxylation is 1. The van der Waals surface area contributed by atoms with Gasteiger partial charge in [0.05, 0.1) is 10.5 Å². The first-order chi connectivity index (χ1) is 12.0. The third-order valence-electron chi connectivity index (χ3n) is 5.03. The Balaban J connectivity index is 1.72. The summed E-state index contributed by atoms with van der Waals surface area (Å²) in [6, 6.07) is 9.20. The van der Waals surface area contributed by atoms with Crippen LogP contribution in [0, 0.1) is 6.92 Å². The summed E-state index contributed by atoms with van der Waals surface area (Å²) in [6.07, 6.45) is 0.720. The van der Waals surface area contributed by atoms with Gasteiger partial charge in [-0.05, 0) is 25.1 Å². The predicted octanol–water partition coefficient (Wildman–Crippen LogP) is 3.03. The van der Waals surface area contributed by atoms with E-state index in [1.807, 2.05) is 25.1 Å². The van der Waals surface area contributed by atoms with Crippen molar-refractivity contribution in [2.75, 3.05) is 6.54 Å². The van der Waals surface area contributed by atoms with Crippen molar-refractivity contribution in [3.63, 3.8) is 0 Å². The van der Waals surface area contributed by atoms with E-state index >= 15 is 0 Å². The Labute approximate surface area is 149 Å². The van der Waals surface area contributed by atoms with Crippen LogP contribution in [0.25, 0.3) is 10.9 Å². The first-order valence-corrected chi connectivity index (χ1v) is 8.59. The van der Waals surface area contributed by atoms with E-state index < -0.39 is 0 Å². The van der Waals surface area contributed by atoms with Crippen molar-refractivity contribution in [3.05, 3.63) is 68.2 Å². The van der Waals surface area contributed by atoms with E-state index in [1.54, 1.807) is 24.1 Å². The van der Waals surface area contributed by atoms with Crippen LogP contribution in [0.2, 0.25) is 5.02 Å². The number of nitrogens with one attached hydrogen (secondary N) is 1. The number of fused-ring (bicyclic) bond motifs is 3. The van der Waals surface area contributed by atoms with Gasteiger partial charge in [-0.3, -0.25) is 9.59 Å². The molecule has 0 spiro atoms. The average molecular weight is 356 g/mol. The summed E-state index contributed by atoms with van der Waals surface area (Å²) in [4.78, 5) is 30.4. The summed E-state index contributed by atoms with van der Waals surface area (Å²) in [5.41, 5.74) is 3.90. The second-order valence-electron chi connectivity index (χ2n) is 6.47. The van der Waals surface area contributed by atoms with Gasteiger partial charge in [0.15, 0.2) is 0 Å². The lowest BCUT2D eigenvalue weighted by Gasteiger charge is -2.27. The van der Waals surface area contributed by atoms with Crippen molar-refractivity contribution in [3.8, 4) is 0 Å². The summed E-state index contributed by atoms with van der Waals surface area (Å²) in [7, 11) is 1.68. The van der Waals surface area contributed by atoms with Gasteiger partial charge >= 0.3 is 0 Å². The second kappa shape index (κ2) is 5.77. The van der Waals surface area contributed by atoms with Crippen molar-refractivity contribution in [2.45, 2.75) is 19.9 Å². The van der Waals surface area contributed by atoms with Crippen LogP contribution in [-0.2, 0) is 20.0 Å². The van der Waals surface area contributed by atoms with Crippen LogP contribution < -0.4 is 5.56 Å². The number of aromatic nitrogens is 2. The molecule has 0 saturated carbocycles. The molecule has 25 heavy (non-hydrogen) atoms. The number of hydrogen-bond acceptors (Lipinski definition) is 2. The number of carbonyl (C=O) groups excluding carboxylic acids is 1. The van der Waals surface area contributed by atoms with Gasteiger partial charge in [0.25, 0.3) is 11.5 Å². The first-order valence-electron chi connectivity index (χ1n) is 8.21. The fourth-order valence-corrected chi connectivity index (χ4v) is 3.66. The molecule has 4 rings (SSSR count). The van der Waals surface area contributed by atoms with Crippen molar-refractivity contribution in [1.82, 2.24) is 14.5 Å². The third kappa shape index (κ3) is 2.46. The van der Waals surface area contributed by atoms with Gasteiger partial charge in [-0.15, -0.1) is 0 Å². The molecule has 3 aromatic rings. The van der Waals surface area contributed by atoms with E-state index in [1.165, 1.54) is 4.57 Å². The minimum absolute atomic E-state index is 0.217. The van der Waals surface area contributed by atoms with E-state index in [4.69, 9.17) is 11.6 Å². The highest BCUT2D eigenvalue weighted by Crippen LogP contribution is 2.31. The lowest BCUT2D eigenvalue weighted by atomic mass is 10.0. The number of hydrogen-bond donors (Lipinski definition) is 1. The largest absolute Gasteiger partial charge is 0.357 e. The van der Waals surface area contributed by atoms with Crippen molar-refractivity contribution >= 4 is 28.4 Å². The number of benzene rings is 1. The fraction of sp³-hybridized carbons (Fsp3) is 0.263. The van der Waals surface area contributed by atoms with Crippen LogP contribution in [-0.4, -0.2) is 26.9 Å². The predicted molar refractivity (Wildman–Crippen MR) is 98.2 cm³/mol. The van der Waals surface area contributed by atoms with E-state index in [-0.39, 0.29) is 17.0 Å². The fourth-order valence-electron chi connectivity index (χ4n) is 3.44. The van der Waals surface area contributed by atoms with Crippen LogP contribution in [0.1, 0.15) is 27.3 Å². The Kier molecular flexibility index (Phi) is 3.69. The molecular formula is C19H18ClN3O2. The molecule has 6 heteroatoms. The summed E-state index contributed by atoms with van der Waals surface area (Å²) < 4.78 is 1.51. The molecule has 0 bridgehead atoms. The zero-order valence-electron chi connectivity index (χ0n) is 14.1. The normalized spacial score (nSPS) is 14.0. The number of para-hydroxylation sites is 1. The average Bonchev–Trinajstić information content (AvgIpc) is 2.99. The minimum Gasteiger partial charge on any atom is -0.357 e. The molecule has 0 atom stereocenters. The second-order valence-corrected chi connectivity index (χ2v) is 6.88. The van der Waals surface area contributed by atoms with E-state index in [2.05, 4.69) is 4.98 Å². The summed E-state index contributed by atoms with van der Waals surface area (Å²) in [6.45, 7) is 2.90. The third-order valence-corrected chi connectivity index (χ3v) is 5.35.